The molecule has 0 atom stereocenters. The summed E-state index contributed by atoms with van der Waals surface area (Å²) in [6, 6.07) is 6.35. The minimum Gasteiger partial charge on any atom is -0.378 e. The zero-order valence-corrected chi connectivity index (χ0v) is 12.6. The summed E-state index contributed by atoms with van der Waals surface area (Å²) >= 11 is 3.52. The van der Waals surface area contributed by atoms with Crippen LogP contribution < -0.4 is 11.1 Å². The fraction of sp³-hybridized carbons (Fsp3) is 0.571. The van der Waals surface area contributed by atoms with Gasteiger partial charge in [-0.2, -0.15) is 0 Å². The highest BCUT2D eigenvalue weighted by Crippen LogP contribution is 2.37. The maximum atomic E-state index is 5.92. The van der Waals surface area contributed by atoms with Crippen molar-refractivity contribution >= 4 is 21.6 Å². The van der Waals surface area contributed by atoms with Gasteiger partial charge in [0, 0.05) is 23.3 Å². The first-order valence-corrected chi connectivity index (χ1v) is 7.23. The summed E-state index contributed by atoms with van der Waals surface area (Å²) in [7, 11) is 0. The SMILES string of the molecule is CCOC1CC(CN)(Nc2cc(C)cc(Br)c2)C1. The average molecular weight is 313 g/mol. The Bertz CT molecular complexity index is 396. The van der Waals surface area contributed by atoms with E-state index in [1.54, 1.807) is 0 Å². The number of anilines is 1. The molecule has 1 saturated carbocycles. The number of nitrogens with one attached hydrogen (secondary N) is 1. The van der Waals surface area contributed by atoms with Gasteiger partial charge in [0.25, 0.3) is 0 Å². The molecule has 0 aromatic heterocycles. The highest BCUT2D eigenvalue weighted by molar-refractivity contribution is 9.10. The van der Waals surface area contributed by atoms with Crippen molar-refractivity contribution in [3.8, 4) is 0 Å². The molecule has 0 radical (unpaired) electrons. The van der Waals surface area contributed by atoms with E-state index >= 15 is 0 Å². The molecule has 0 spiro atoms. The van der Waals surface area contributed by atoms with Gasteiger partial charge in [0.1, 0.15) is 0 Å². The minimum atomic E-state index is 0.00701. The van der Waals surface area contributed by atoms with Crippen LogP contribution in [0.15, 0.2) is 22.7 Å². The van der Waals surface area contributed by atoms with Crippen molar-refractivity contribution in [2.45, 2.75) is 38.3 Å². The van der Waals surface area contributed by atoms with E-state index in [4.69, 9.17) is 10.5 Å². The Hall–Kier alpha value is -0.580. The third kappa shape index (κ3) is 3.05. The van der Waals surface area contributed by atoms with Crippen molar-refractivity contribution in [1.29, 1.82) is 0 Å². The second kappa shape index (κ2) is 5.59. The number of ether oxygens (including phenoxy) is 1. The fourth-order valence-electron chi connectivity index (χ4n) is 2.60. The van der Waals surface area contributed by atoms with Gasteiger partial charge >= 0.3 is 0 Å². The number of hydrogen-bond donors (Lipinski definition) is 2. The van der Waals surface area contributed by atoms with E-state index in [-0.39, 0.29) is 5.54 Å². The van der Waals surface area contributed by atoms with Crippen LogP contribution in [0.1, 0.15) is 25.3 Å². The van der Waals surface area contributed by atoms with Crippen LogP contribution in [0.5, 0.6) is 0 Å². The van der Waals surface area contributed by atoms with Crippen molar-refractivity contribution < 1.29 is 4.74 Å². The van der Waals surface area contributed by atoms with Crippen LogP contribution in [0.3, 0.4) is 0 Å². The first-order valence-electron chi connectivity index (χ1n) is 6.44. The number of hydrogen-bond acceptors (Lipinski definition) is 3. The summed E-state index contributed by atoms with van der Waals surface area (Å²) in [4.78, 5) is 0. The molecule has 3 N–H and O–H groups in total. The lowest BCUT2D eigenvalue weighted by molar-refractivity contribution is -0.0271. The zero-order valence-electron chi connectivity index (χ0n) is 11.0. The first kappa shape index (κ1) is 13.8. The number of halogens is 1. The molecule has 0 unspecified atom stereocenters. The van der Waals surface area contributed by atoms with Crippen LogP contribution in [0.2, 0.25) is 0 Å². The lowest BCUT2D eigenvalue weighted by Crippen LogP contribution is -2.58. The first-order chi connectivity index (χ1) is 8.57. The summed E-state index contributed by atoms with van der Waals surface area (Å²) in [5, 5.41) is 3.58. The van der Waals surface area contributed by atoms with Gasteiger partial charge in [0.15, 0.2) is 0 Å². The van der Waals surface area contributed by atoms with Gasteiger partial charge in [-0.15, -0.1) is 0 Å². The second-order valence-corrected chi connectivity index (χ2v) is 6.03. The van der Waals surface area contributed by atoms with Gasteiger partial charge in [-0.05, 0) is 50.5 Å². The highest BCUT2D eigenvalue weighted by Gasteiger charge is 2.43. The molecule has 1 aliphatic rings. The van der Waals surface area contributed by atoms with Crippen molar-refractivity contribution in [2.75, 3.05) is 18.5 Å². The lowest BCUT2D eigenvalue weighted by Gasteiger charge is -2.47. The fourth-order valence-corrected chi connectivity index (χ4v) is 3.21. The van der Waals surface area contributed by atoms with Crippen LogP contribution in [0.25, 0.3) is 0 Å². The maximum Gasteiger partial charge on any atom is 0.0620 e. The third-order valence-corrected chi connectivity index (χ3v) is 3.94. The maximum absolute atomic E-state index is 5.92. The quantitative estimate of drug-likeness (QED) is 0.878. The van der Waals surface area contributed by atoms with E-state index in [1.165, 1.54) is 5.56 Å². The Morgan fingerprint density at radius 2 is 2.17 bits per heavy atom. The Kier molecular flexibility index (Phi) is 4.30. The monoisotopic (exact) mass is 312 g/mol. The molecule has 0 heterocycles. The molecule has 4 heteroatoms. The van der Waals surface area contributed by atoms with Gasteiger partial charge in [-0.3, -0.25) is 0 Å². The van der Waals surface area contributed by atoms with E-state index in [0.717, 1.165) is 29.6 Å². The summed E-state index contributed by atoms with van der Waals surface area (Å²) in [5.41, 5.74) is 8.29. The normalized spacial score (nSPS) is 26.8. The van der Waals surface area contributed by atoms with Crippen LogP contribution in [0.4, 0.5) is 5.69 Å². The summed E-state index contributed by atoms with van der Waals surface area (Å²) in [6.45, 7) is 5.55. The molecule has 100 valence electrons. The molecular weight excluding hydrogens is 292 g/mol. The predicted octanol–water partition coefficient (Wildman–Crippen LogP) is 3.07. The molecule has 3 nitrogen and oxygen atoms in total. The number of aryl methyl sites for hydroxylation is 1. The minimum absolute atomic E-state index is 0.00701. The molecule has 0 amide bonds. The van der Waals surface area contributed by atoms with Crippen LogP contribution in [-0.4, -0.2) is 24.8 Å². The molecule has 1 aliphatic carbocycles. The largest absolute Gasteiger partial charge is 0.378 e. The number of benzene rings is 1. The molecule has 18 heavy (non-hydrogen) atoms. The Balaban J connectivity index is 2.03. The highest BCUT2D eigenvalue weighted by atomic mass is 79.9. The number of rotatable bonds is 5. The van der Waals surface area contributed by atoms with Gasteiger partial charge in [-0.1, -0.05) is 15.9 Å². The Labute approximate surface area is 117 Å². The summed E-state index contributed by atoms with van der Waals surface area (Å²) in [5.74, 6) is 0. The lowest BCUT2D eigenvalue weighted by atomic mass is 9.74. The van der Waals surface area contributed by atoms with Crippen molar-refractivity contribution in [3.05, 3.63) is 28.2 Å². The molecule has 1 aromatic rings. The van der Waals surface area contributed by atoms with E-state index in [0.29, 0.717) is 12.6 Å². The number of nitrogens with two attached hydrogens (primary N) is 1. The van der Waals surface area contributed by atoms with Crippen LogP contribution in [0, 0.1) is 6.92 Å². The Morgan fingerprint density at radius 1 is 1.44 bits per heavy atom. The summed E-state index contributed by atoms with van der Waals surface area (Å²) < 4.78 is 6.71. The van der Waals surface area contributed by atoms with E-state index < -0.39 is 0 Å². The molecule has 0 bridgehead atoms. The summed E-state index contributed by atoms with van der Waals surface area (Å²) in [6.07, 6.45) is 2.34. The Morgan fingerprint density at radius 3 is 2.72 bits per heavy atom. The van der Waals surface area contributed by atoms with Crippen LogP contribution >= 0.6 is 15.9 Å². The van der Waals surface area contributed by atoms with Gasteiger partial charge < -0.3 is 15.8 Å². The standard InChI is InChI=1S/C14H21BrN2O/c1-3-18-13-7-14(8-13,9-16)17-12-5-10(2)4-11(15)6-12/h4-6,13,17H,3,7-9,16H2,1-2H3. The predicted molar refractivity (Wildman–Crippen MR) is 78.9 cm³/mol. The molecular formula is C14H21BrN2O. The molecule has 1 fully saturated rings. The second-order valence-electron chi connectivity index (χ2n) is 5.11. The van der Waals surface area contributed by atoms with Gasteiger partial charge in [-0.25, -0.2) is 0 Å². The van der Waals surface area contributed by atoms with Crippen molar-refractivity contribution in [1.82, 2.24) is 0 Å². The average Bonchev–Trinajstić information content (AvgIpc) is 2.24. The van der Waals surface area contributed by atoms with E-state index in [9.17, 15) is 0 Å². The molecule has 0 aliphatic heterocycles. The van der Waals surface area contributed by atoms with E-state index in [2.05, 4.69) is 46.4 Å². The van der Waals surface area contributed by atoms with Crippen molar-refractivity contribution in [2.24, 2.45) is 5.73 Å². The van der Waals surface area contributed by atoms with Crippen LogP contribution in [-0.2, 0) is 4.74 Å². The molecule has 0 saturated heterocycles. The van der Waals surface area contributed by atoms with Crippen molar-refractivity contribution in [3.63, 3.8) is 0 Å². The van der Waals surface area contributed by atoms with E-state index in [1.807, 2.05) is 6.92 Å². The smallest absolute Gasteiger partial charge is 0.0620 e. The topological polar surface area (TPSA) is 47.3 Å². The van der Waals surface area contributed by atoms with Gasteiger partial charge in [0.05, 0.1) is 11.6 Å². The zero-order chi connectivity index (χ0) is 13.2. The van der Waals surface area contributed by atoms with Gasteiger partial charge in [0.2, 0.25) is 0 Å². The third-order valence-electron chi connectivity index (χ3n) is 3.48. The molecule has 2 rings (SSSR count). The molecule has 1 aromatic carbocycles.